The molecule has 1 N–H and O–H groups in total. The van der Waals surface area contributed by atoms with Crippen molar-refractivity contribution in [3.05, 3.63) is 53.1 Å². The molecule has 6 nitrogen and oxygen atoms in total. The smallest absolute Gasteiger partial charge is 0.326 e. The summed E-state index contributed by atoms with van der Waals surface area (Å²) in [5.41, 5.74) is 1.96. The Morgan fingerprint density at radius 3 is 2.81 bits per heavy atom. The van der Waals surface area contributed by atoms with E-state index in [9.17, 15) is 14.4 Å². The molecule has 8 heteroatoms. The number of carbonyl (C=O) groups is 3. The van der Waals surface area contributed by atoms with Crippen LogP contribution in [0.3, 0.4) is 0 Å². The number of carbonyl (C=O) groups excluding carboxylic acids is 3. The van der Waals surface area contributed by atoms with E-state index in [1.807, 2.05) is 12.1 Å². The summed E-state index contributed by atoms with van der Waals surface area (Å²) in [4.78, 5) is 38.6. The molecule has 27 heavy (non-hydrogen) atoms. The SMILES string of the molecule is Cc1c(Cl)cccc1NC(=O)COC(=O)CN1C(=O)CSc2ccccc21. The van der Waals surface area contributed by atoms with Crippen molar-refractivity contribution in [1.82, 2.24) is 0 Å². The quantitative estimate of drug-likeness (QED) is 0.774. The average molecular weight is 405 g/mol. The third kappa shape index (κ3) is 4.61. The van der Waals surface area contributed by atoms with Gasteiger partial charge in [0.2, 0.25) is 5.91 Å². The van der Waals surface area contributed by atoms with Crippen molar-refractivity contribution < 1.29 is 19.1 Å². The Bertz CT molecular complexity index is 903. The molecular formula is C19H17ClN2O4S. The first-order valence-electron chi connectivity index (χ1n) is 8.18. The molecule has 2 aromatic carbocycles. The lowest BCUT2D eigenvalue weighted by molar-refractivity contribution is -0.146. The Morgan fingerprint density at radius 2 is 2.00 bits per heavy atom. The molecule has 1 heterocycles. The van der Waals surface area contributed by atoms with E-state index in [2.05, 4.69) is 5.32 Å². The molecule has 0 unspecified atom stereocenters. The van der Waals surface area contributed by atoms with Crippen LogP contribution in [0.5, 0.6) is 0 Å². The number of thioether (sulfide) groups is 1. The predicted molar refractivity (Wildman–Crippen MR) is 105 cm³/mol. The van der Waals surface area contributed by atoms with Crippen molar-refractivity contribution in [2.75, 3.05) is 29.1 Å². The summed E-state index contributed by atoms with van der Waals surface area (Å²) in [6, 6.07) is 12.5. The minimum atomic E-state index is -0.650. The molecule has 0 saturated carbocycles. The molecular weight excluding hydrogens is 388 g/mol. The molecule has 3 rings (SSSR count). The zero-order valence-electron chi connectivity index (χ0n) is 14.5. The maximum Gasteiger partial charge on any atom is 0.326 e. The summed E-state index contributed by atoms with van der Waals surface area (Å²) in [5, 5.41) is 3.18. The first-order valence-corrected chi connectivity index (χ1v) is 9.55. The second kappa shape index (κ2) is 8.45. The van der Waals surface area contributed by atoms with E-state index in [4.69, 9.17) is 16.3 Å². The number of para-hydroxylation sites is 1. The number of amides is 2. The number of nitrogens with one attached hydrogen (secondary N) is 1. The van der Waals surface area contributed by atoms with Gasteiger partial charge in [-0.15, -0.1) is 11.8 Å². The summed E-state index contributed by atoms with van der Waals surface area (Å²) in [6.07, 6.45) is 0. The van der Waals surface area contributed by atoms with Gasteiger partial charge in [0, 0.05) is 15.6 Å². The van der Waals surface area contributed by atoms with Gasteiger partial charge in [0.15, 0.2) is 6.61 Å². The number of esters is 1. The van der Waals surface area contributed by atoms with Crippen LogP contribution in [-0.2, 0) is 19.1 Å². The number of halogens is 1. The first-order chi connectivity index (χ1) is 13.0. The zero-order chi connectivity index (χ0) is 19.4. The van der Waals surface area contributed by atoms with Gasteiger partial charge < -0.3 is 10.1 Å². The topological polar surface area (TPSA) is 75.7 Å². The number of nitrogens with zero attached hydrogens (tertiary/aromatic N) is 1. The number of hydrogen-bond donors (Lipinski definition) is 1. The van der Waals surface area contributed by atoms with E-state index >= 15 is 0 Å². The molecule has 0 atom stereocenters. The van der Waals surface area contributed by atoms with Gasteiger partial charge in [0.25, 0.3) is 5.91 Å². The van der Waals surface area contributed by atoms with E-state index in [0.29, 0.717) is 16.4 Å². The van der Waals surface area contributed by atoms with Crippen LogP contribution >= 0.6 is 23.4 Å². The van der Waals surface area contributed by atoms with Crippen molar-refractivity contribution in [3.63, 3.8) is 0 Å². The fourth-order valence-corrected chi connectivity index (χ4v) is 3.69. The largest absolute Gasteiger partial charge is 0.454 e. The molecule has 0 aliphatic carbocycles. The number of hydrogen-bond acceptors (Lipinski definition) is 5. The summed E-state index contributed by atoms with van der Waals surface area (Å²) in [5.74, 6) is -1.04. The van der Waals surface area contributed by atoms with Crippen LogP contribution in [0, 0.1) is 6.92 Å². The standard InChI is InChI=1S/C19H17ClN2O4S/c1-12-13(20)5-4-6-14(12)21-17(23)10-26-19(25)9-22-15-7-2-3-8-16(15)27-11-18(22)24/h2-8H,9-11H2,1H3,(H,21,23). The van der Waals surface area contributed by atoms with E-state index in [1.165, 1.54) is 16.7 Å². The number of rotatable bonds is 5. The highest BCUT2D eigenvalue weighted by molar-refractivity contribution is 8.00. The first kappa shape index (κ1) is 19.3. The van der Waals surface area contributed by atoms with Crippen LogP contribution in [0.2, 0.25) is 5.02 Å². The molecule has 0 fully saturated rings. The molecule has 2 amide bonds. The lowest BCUT2D eigenvalue weighted by Crippen LogP contribution is -2.40. The second-order valence-corrected chi connectivity index (χ2v) is 7.28. The molecule has 0 bridgehead atoms. The van der Waals surface area contributed by atoms with Gasteiger partial charge in [-0.25, -0.2) is 0 Å². The molecule has 1 aliphatic heterocycles. The maximum atomic E-state index is 12.1. The lowest BCUT2D eigenvalue weighted by Gasteiger charge is -2.27. The molecule has 0 spiro atoms. The van der Waals surface area contributed by atoms with Crippen LogP contribution < -0.4 is 10.2 Å². The molecule has 0 aromatic heterocycles. The number of anilines is 2. The minimum absolute atomic E-state index is 0.172. The van der Waals surface area contributed by atoms with E-state index in [-0.39, 0.29) is 18.2 Å². The van der Waals surface area contributed by atoms with Crippen LogP contribution in [-0.4, -0.2) is 36.7 Å². The average Bonchev–Trinajstić information content (AvgIpc) is 2.66. The summed E-state index contributed by atoms with van der Waals surface area (Å²) in [6.45, 7) is 1.10. The number of benzene rings is 2. The van der Waals surface area contributed by atoms with Gasteiger partial charge in [0.1, 0.15) is 6.54 Å². The highest BCUT2D eigenvalue weighted by Gasteiger charge is 2.26. The van der Waals surface area contributed by atoms with Gasteiger partial charge in [-0.2, -0.15) is 0 Å². The normalized spacial score (nSPS) is 13.1. The third-order valence-electron chi connectivity index (χ3n) is 4.00. The Morgan fingerprint density at radius 1 is 1.22 bits per heavy atom. The summed E-state index contributed by atoms with van der Waals surface area (Å²) >= 11 is 7.44. The van der Waals surface area contributed by atoms with Gasteiger partial charge >= 0.3 is 5.97 Å². The third-order valence-corrected chi connectivity index (χ3v) is 5.46. The molecule has 140 valence electrons. The fourth-order valence-electron chi connectivity index (χ4n) is 2.58. The monoisotopic (exact) mass is 404 g/mol. The Hall–Kier alpha value is -2.51. The Labute approximate surface area is 165 Å². The van der Waals surface area contributed by atoms with Crippen LogP contribution in [0.15, 0.2) is 47.4 Å². The minimum Gasteiger partial charge on any atom is -0.454 e. The van der Waals surface area contributed by atoms with Gasteiger partial charge in [-0.05, 0) is 36.8 Å². The highest BCUT2D eigenvalue weighted by Crippen LogP contribution is 2.34. The van der Waals surface area contributed by atoms with Crippen molar-refractivity contribution in [2.45, 2.75) is 11.8 Å². The molecule has 0 radical (unpaired) electrons. The van der Waals surface area contributed by atoms with E-state index < -0.39 is 18.5 Å². The van der Waals surface area contributed by atoms with Crippen molar-refractivity contribution >= 4 is 52.5 Å². The van der Waals surface area contributed by atoms with Crippen LogP contribution in [0.1, 0.15) is 5.56 Å². The Balaban J connectivity index is 1.56. The molecule has 0 saturated heterocycles. The maximum absolute atomic E-state index is 12.1. The number of fused-ring (bicyclic) bond motifs is 1. The van der Waals surface area contributed by atoms with Crippen molar-refractivity contribution in [3.8, 4) is 0 Å². The second-order valence-electron chi connectivity index (χ2n) is 5.86. The predicted octanol–water partition coefficient (Wildman–Crippen LogP) is 3.27. The number of ether oxygens (including phenoxy) is 1. The van der Waals surface area contributed by atoms with E-state index in [0.717, 1.165) is 10.5 Å². The fraction of sp³-hybridized carbons (Fsp3) is 0.211. The summed E-state index contributed by atoms with van der Waals surface area (Å²) < 4.78 is 5.03. The Kier molecular flexibility index (Phi) is 6.03. The molecule has 1 aliphatic rings. The highest BCUT2D eigenvalue weighted by atomic mass is 35.5. The van der Waals surface area contributed by atoms with E-state index in [1.54, 1.807) is 37.3 Å². The van der Waals surface area contributed by atoms with Crippen molar-refractivity contribution in [1.29, 1.82) is 0 Å². The summed E-state index contributed by atoms with van der Waals surface area (Å²) in [7, 11) is 0. The zero-order valence-corrected chi connectivity index (χ0v) is 16.1. The van der Waals surface area contributed by atoms with Crippen LogP contribution in [0.4, 0.5) is 11.4 Å². The lowest BCUT2D eigenvalue weighted by atomic mass is 10.2. The van der Waals surface area contributed by atoms with Crippen molar-refractivity contribution in [2.24, 2.45) is 0 Å². The van der Waals surface area contributed by atoms with Crippen LogP contribution in [0.25, 0.3) is 0 Å². The molecule has 2 aromatic rings. The van der Waals surface area contributed by atoms with Gasteiger partial charge in [0.05, 0.1) is 11.4 Å². The van der Waals surface area contributed by atoms with Gasteiger partial charge in [-0.1, -0.05) is 29.8 Å². The van der Waals surface area contributed by atoms with Gasteiger partial charge in [-0.3, -0.25) is 19.3 Å².